The van der Waals surface area contributed by atoms with Crippen molar-refractivity contribution in [1.82, 2.24) is 15.6 Å². The van der Waals surface area contributed by atoms with Gasteiger partial charge in [-0.25, -0.2) is 9.78 Å². The zero-order valence-corrected chi connectivity index (χ0v) is 11.0. The van der Waals surface area contributed by atoms with Crippen LogP contribution in [0.25, 0.3) is 0 Å². The molecule has 8 heteroatoms. The Morgan fingerprint density at radius 3 is 3.11 bits per heavy atom. The van der Waals surface area contributed by atoms with Crippen LogP contribution in [0.4, 0.5) is 0 Å². The summed E-state index contributed by atoms with van der Waals surface area (Å²) in [6, 6.07) is -0.306. The van der Waals surface area contributed by atoms with Gasteiger partial charge in [-0.2, -0.15) is 0 Å². The van der Waals surface area contributed by atoms with E-state index in [9.17, 15) is 9.59 Å². The molecular formula is C11H15N3O4S. The van der Waals surface area contributed by atoms with Gasteiger partial charge in [0.1, 0.15) is 6.04 Å². The first kappa shape index (κ1) is 13.9. The summed E-state index contributed by atoms with van der Waals surface area (Å²) in [6.45, 7) is 2.11. The molecule has 7 nitrogen and oxygen atoms in total. The van der Waals surface area contributed by atoms with Crippen LogP contribution in [0.5, 0.6) is 0 Å². The van der Waals surface area contributed by atoms with Crippen molar-refractivity contribution >= 4 is 23.2 Å². The number of carbonyl (C=O) groups excluding carboxylic acids is 1. The van der Waals surface area contributed by atoms with Crippen LogP contribution in [0.1, 0.15) is 15.5 Å². The van der Waals surface area contributed by atoms with Gasteiger partial charge in [0, 0.05) is 24.9 Å². The number of ether oxygens (including phenoxy) is 1. The minimum absolute atomic E-state index is 0.0497. The van der Waals surface area contributed by atoms with Gasteiger partial charge in [0.15, 0.2) is 5.69 Å². The second-order valence-corrected chi connectivity index (χ2v) is 5.00. The van der Waals surface area contributed by atoms with Crippen LogP contribution in [0.3, 0.4) is 0 Å². The molecule has 104 valence electrons. The molecular weight excluding hydrogens is 270 g/mol. The topological polar surface area (TPSA) is 101 Å². The van der Waals surface area contributed by atoms with Gasteiger partial charge in [-0.15, -0.1) is 11.3 Å². The Balaban J connectivity index is 1.73. The number of aromatic nitrogens is 1. The fourth-order valence-electron chi connectivity index (χ4n) is 1.67. The molecule has 1 unspecified atom stereocenters. The number of amides is 1. The van der Waals surface area contributed by atoms with Crippen LogP contribution >= 0.6 is 11.3 Å². The van der Waals surface area contributed by atoms with Crippen LogP contribution < -0.4 is 10.6 Å². The van der Waals surface area contributed by atoms with Gasteiger partial charge in [0.25, 0.3) is 0 Å². The van der Waals surface area contributed by atoms with E-state index in [2.05, 4.69) is 15.6 Å². The van der Waals surface area contributed by atoms with Crippen molar-refractivity contribution in [3.63, 3.8) is 0 Å². The molecule has 1 aromatic heterocycles. The van der Waals surface area contributed by atoms with Gasteiger partial charge in [0.05, 0.1) is 18.2 Å². The standard InChI is InChI=1S/C11H15N3O4S/c15-10(7-5-18-4-3-12-7)13-2-1-9-14-8(6-19-9)11(16)17/h6-7,12H,1-5H2,(H,13,15)(H,16,17). The zero-order chi connectivity index (χ0) is 13.7. The molecule has 2 heterocycles. The average molecular weight is 285 g/mol. The summed E-state index contributed by atoms with van der Waals surface area (Å²) in [7, 11) is 0. The highest BCUT2D eigenvalue weighted by atomic mass is 32.1. The lowest BCUT2D eigenvalue weighted by molar-refractivity contribution is -0.125. The molecule has 0 bridgehead atoms. The molecule has 1 amide bonds. The third-order valence-corrected chi connectivity index (χ3v) is 3.56. The highest BCUT2D eigenvalue weighted by Gasteiger charge is 2.20. The summed E-state index contributed by atoms with van der Waals surface area (Å²) < 4.78 is 5.20. The molecule has 2 rings (SSSR count). The third-order valence-electron chi connectivity index (χ3n) is 2.65. The van der Waals surface area contributed by atoms with Crippen molar-refractivity contribution in [2.24, 2.45) is 0 Å². The smallest absolute Gasteiger partial charge is 0.355 e. The fourth-order valence-corrected chi connectivity index (χ4v) is 2.45. The number of nitrogens with one attached hydrogen (secondary N) is 2. The van der Waals surface area contributed by atoms with E-state index in [4.69, 9.17) is 9.84 Å². The van der Waals surface area contributed by atoms with E-state index in [1.807, 2.05) is 0 Å². The van der Waals surface area contributed by atoms with Gasteiger partial charge in [-0.05, 0) is 0 Å². The van der Waals surface area contributed by atoms with E-state index in [1.54, 1.807) is 0 Å². The number of thiazole rings is 1. The number of hydrogen-bond donors (Lipinski definition) is 3. The minimum atomic E-state index is -1.03. The van der Waals surface area contributed by atoms with Crippen molar-refractivity contribution in [2.75, 3.05) is 26.3 Å². The van der Waals surface area contributed by atoms with Crippen molar-refractivity contribution in [2.45, 2.75) is 12.5 Å². The molecule has 0 saturated carbocycles. The van der Waals surface area contributed by atoms with Gasteiger partial charge in [-0.3, -0.25) is 4.79 Å². The summed E-state index contributed by atoms with van der Waals surface area (Å²) in [4.78, 5) is 26.3. The maximum absolute atomic E-state index is 11.7. The summed E-state index contributed by atoms with van der Waals surface area (Å²) in [5, 5.41) is 16.8. The lowest BCUT2D eigenvalue weighted by Crippen LogP contribution is -2.51. The predicted molar refractivity (Wildman–Crippen MR) is 68.4 cm³/mol. The molecule has 0 spiro atoms. The normalized spacial score (nSPS) is 19.1. The number of carboxylic acids is 1. The Morgan fingerprint density at radius 2 is 2.47 bits per heavy atom. The van der Waals surface area contributed by atoms with Gasteiger partial charge in [-0.1, -0.05) is 0 Å². The first-order chi connectivity index (χ1) is 9.16. The summed E-state index contributed by atoms with van der Waals surface area (Å²) >= 11 is 1.28. The lowest BCUT2D eigenvalue weighted by atomic mass is 10.2. The average Bonchev–Trinajstić information content (AvgIpc) is 2.89. The number of nitrogens with zero attached hydrogens (tertiary/aromatic N) is 1. The Labute approximate surface area is 114 Å². The van der Waals surface area contributed by atoms with E-state index in [0.717, 1.165) is 0 Å². The van der Waals surface area contributed by atoms with Crippen molar-refractivity contribution in [3.8, 4) is 0 Å². The maximum Gasteiger partial charge on any atom is 0.355 e. The number of carboxylic acid groups (broad SMARTS) is 1. The molecule has 0 radical (unpaired) electrons. The van der Waals surface area contributed by atoms with Gasteiger partial charge < -0.3 is 20.5 Å². The van der Waals surface area contributed by atoms with Crippen LogP contribution in [-0.4, -0.2) is 54.3 Å². The van der Waals surface area contributed by atoms with E-state index < -0.39 is 5.97 Å². The Kier molecular flexibility index (Phi) is 4.83. The molecule has 1 aliphatic heterocycles. The number of aromatic carboxylic acids is 1. The SMILES string of the molecule is O=C(O)c1csc(CCNC(=O)C2COCCN2)n1. The van der Waals surface area contributed by atoms with Gasteiger partial charge >= 0.3 is 5.97 Å². The number of carbonyl (C=O) groups is 2. The first-order valence-electron chi connectivity index (χ1n) is 5.93. The molecule has 3 N–H and O–H groups in total. The number of hydrogen-bond acceptors (Lipinski definition) is 6. The highest BCUT2D eigenvalue weighted by Crippen LogP contribution is 2.09. The Hall–Kier alpha value is -1.51. The van der Waals surface area contributed by atoms with Crippen molar-refractivity contribution in [3.05, 3.63) is 16.1 Å². The monoisotopic (exact) mass is 285 g/mol. The minimum Gasteiger partial charge on any atom is -0.476 e. The van der Waals surface area contributed by atoms with Crippen LogP contribution in [0.15, 0.2) is 5.38 Å². The highest BCUT2D eigenvalue weighted by molar-refractivity contribution is 7.09. The van der Waals surface area contributed by atoms with Crippen molar-refractivity contribution < 1.29 is 19.4 Å². The molecule has 1 fully saturated rings. The van der Waals surface area contributed by atoms with Crippen LogP contribution in [0, 0.1) is 0 Å². The lowest BCUT2D eigenvalue weighted by Gasteiger charge is -2.22. The largest absolute Gasteiger partial charge is 0.476 e. The summed E-state index contributed by atoms with van der Waals surface area (Å²) in [5.74, 6) is -1.13. The number of rotatable bonds is 5. The Morgan fingerprint density at radius 1 is 1.63 bits per heavy atom. The second kappa shape index (κ2) is 6.60. The van der Waals surface area contributed by atoms with E-state index in [0.29, 0.717) is 37.7 Å². The van der Waals surface area contributed by atoms with E-state index in [-0.39, 0.29) is 17.6 Å². The molecule has 0 aromatic carbocycles. The zero-order valence-electron chi connectivity index (χ0n) is 10.2. The molecule has 1 aliphatic rings. The maximum atomic E-state index is 11.7. The fraction of sp³-hybridized carbons (Fsp3) is 0.545. The Bertz CT molecular complexity index is 457. The summed E-state index contributed by atoms with van der Waals surface area (Å²) in [6.07, 6.45) is 0.525. The van der Waals surface area contributed by atoms with Crippen LogP contribution in [0.2, 0.25) is 0 Å². The predicted octanol–water partition coefficient (Wildman–Crippen LogP) is -0.512. The van der Waals surface area contributed by atoms with E-state index in [1.165, 1.54) is 16.7 Å². The third kappa shape index (κ3) is 3.98. The van der Waals surface area contributed by atoms with Crippen LogP contribution in [-0.2, 0) is 16.0 Å². The van der Waals surface area contributed by atoms with Gasteiger partial charge in [0.2, 0.25) is 5.91 Å². The quantitative estimate of drug-likeness (QED) is 0.673. The number of morpholine rings is 1. The second-order valence-electron chi connectivity index (χ2n) is 4.05. The molecule has 1 atom stereocenters. The molecule has 19 heavy (non-hydrogen) atoms. The molecule has 1 saturated heterocycles. The molecule has 1 aromatic rings. The first-order valence-corrected chi connectivity index (χ1v) is 6.81. The van der Waals surface area contributed by atoms with Crippen molar-refractivity contribution in [1.29, 1.82) is 0 Å². The molecule has 0 aliphatic carbocycles. The summed E-state index contributed by atoms with van der Waals surface area (Å²) in [5.41, 5.74) is 0.0497. The van der Waals surface area contributed by atoms with E-state index >= 15 is 0 Å².